The van der Waals surface area contributed by atoms with E-state index in [1.54, 1.807) is 29.9 Å². The molecule has 1 fully saturated rings. The van der Waals surface area contributed by atoms with E-state index in [1.807, 2.05) is 13.0 Å². The maximum Gasteiger partial charge on any atom is 0.255 e. The van der Waals surface area contributed by atoms with Crippen LogP contribution in [0.15, 0.2) is 24.4 Å². The fraction of sp³-hybridized carbons (Fsp3) is 0.429. The van der Waals surface area contributed by atoms with Crippen LogP contribution in [0.5, 0.6) is 0 Å². The van der Waals surface area contributed by atoms with Crippen LogP contribution in [-0.2, 0) is 32.5 Å². The maximum absolute atomic E-state index is 13.0. The third-order valence-electron chi connectivity index (χ3n) is 5.85. The standard InChI is InChI=1S/C21H24N4O5S/c1-3-31(29,30)10-9-24-11-13(2)19(23-24)14-5-4-6-15-16(14)12-25(21(15)28)17-7-8-18(26)22-20(17)27/h4-6,11,17H,3,7-10,12H2,1-2H3,(H,22,26,27). The second-order valence-corrected chi connectivity index (χ2v) is 10.4. The molecule has 1 atom stereocenters. The number of carbonyl (C=O) groups excluding carboxylic acids is 3. The number of rotatable bonds is 6. The van der Waals surface area contributed by atoms with Crippen LogP contribution < -0.4 is 5.32 Å². The van der Waals surface area contributed by atoms with E-state index >= 15 is 0 Å². The number of fused-ring (bicyclic) bond motifs is 1. The Morgan fingerprint density at radius 1 is 1.19 bits per heavy atom. The van der Waals surface area contributed by atoms with Crippen molar-refractivity contribution < 1.29 is 22.8 Å². The highest BCUT2D eigenvalue weighted by Crippen LogP contribution is 2.35. The first-order valence-electron chi connectivity index (χ1n) is 10.2. The van der Waals surface area contributed by atoms with E-state index < -0.39 is 21.8 Å². The third kappa shape index (κ3) is 3.99. The Morgan fingerprint density at radius 2 is 1.94 bits per heavy atom. The second kappa shape index (κ2) is 7.92. The van der Waals surface area contributed by atoms with E-state index in [4.69, 9.17) is 0 Å². The number of aromatic nitrogens is 2. The fourth-order valence-corrected chi connectivity index (χ4v) is 4.84. The number of nitrogens with one attached hydrogen (secondary N) is 1. The Kier molecular flexibility index (Phi) is 5.42. The molecule has 9 nitrogen and oxygen atoms in total. The van der Waals surface area contributed by atoms with E-state index in [1.165, 1.54) is 4.90 Å². The number of benzene rings is 1. The number of hydrogen-bond donors (Lipinski definition) is 1. The normalized spacial score (nSPS) is 19.0. The van der Waals surface area contributed by atoms with E-state index in [0.717, 1.165) is 16.7 Å². The van der Waals surface area contributed by atoms with E-state index in [2.05, 4.69) is 10.4 Å². The second-order valence-electron chi connectivity index (χ2n) is 7.89. The highest BCUT2D eigenvalue weighted by Gasteiger charge is 2.40. The number of amides is 3. The zero-order chi connectivity index (χ0) is 22.3. The topological polar surface area (TPSA) is 118 Å². The summed E-state index contributed by atoms with van der Waals surface area (Å²) in [5.41, 5.74) is 3.64. The lowest BCUT2D eigenvalue weighted by Crippen LogP contribution is -2.52. The summed E-state index contributed by atoms with van der Waals surface area (Å²) >= 11 is 0. The molecule has 0 radical (unpaired) electrons. The van der Waals surface area contributed by atoms with Gasteiger partial charge in [-0.2, -0.15) is 5.10 Å². The van der Waals surface area contributed by atoms with Crippen molar-refractivity contribution in [3.63, 3.8) is 0 Å². The Morgan fingerprint density at radius 3 is 2.65 bits per heavy atom. The third-order valence-corrected chi connectivity index (χ3v) is 7.54. The van der Waals surface area contributed by atoms with E-state index in [-0.39, 0.29) is 42.8 Å². The van der Waals surface area contributed by atoms with Crippen molar-refractivity contribution in [2.75, 3.05) is 11.5 Å². The van der Waals surface area contributed by atoms with Crippen LogP contribution in [0.1, 0.15) is 41.3 Å². The summed E-state index contributed by atoms with van der Waals surface area (Å²) in [7, 11) is -3.11. The van der Waals surface area contributed by atoms with E-state index in [0.29, 0.717) is 17.7 Å². The summed E-state index contributed by atoms with van der Waals surface area (Å²) in [6.45, 7) is 4.02. The van der Waals surface area contributed by atoms with Crippen molar-refractivity contribution in [2.45, 2.75) is 45.8 Å². The molecular weight excluding hydrogens is 420 g/mol. The van der Waals surface area contributed by atoms with Crippen molar-refractivity contribution >= 4 is 27.6 Å². The molecule has 1 aromatic heterocycles. The molecule has 2 aromatic rings. The monoisotopic (exact) mass is 444 g/mol. The molecule has 1 aromatic carbocycles. The minimum Gasteiger partial charge on any atom is -0.322 e. The number of hydrogen-bond acceptors (Lipinski definition) is 6. The first-order valence-corrected chi connectivity index (χ1v) is 12.0. The number of nitrogens with zero attached hydrogens (tertiary/aromatic N) is 3. The average molecular weight is 445 g/mol. The molecule has 31 heavy (non-hydrogen) atoms. The van der Waals surface area contributed by atoms with E-state index in [9.17, 15) is 22.8 Å². The molecule has 2 aliphatic rings. The minimum atomic E-state index is -3.11. The summed E-state index contributed by atoms with van der Waals surface area (Å²) < 4.78 is 25.3. The fourth-order valence-electron chi connectivity index (χ4n) is 4.09. The number of sulfone groups is 1. The van der Waals surface area contributed by atoms with Crippen LogP contribution in [0.4, 0.5) is 0 Å². The molecule has 3 heterocycles. The number of aryl methyl sites for hydroxylation is 2. The van der Waals surface area contributed by atoms with Gasteiger partial charge >= 0.3 is 0 Å². The van der Waals surface area contributed by atoms with Gasteiger partial charge in [0.25, 0.3) is 5.91 Å². The molecule has 4 rings (SSSR count). The van der Waals surface area contributed by atoms with Crippen LogP contribution in [-0.4, -0.2) is 58.4 Å². The van der Waals surface area contributed by atoms with Gasteiger partial charge in [-0.15, -0.1) is 0 Å². The van der Waals surface area contributed by atoms with Gasteiger partial charge in [0.15, 0.2) is 9.84 Å². The quantitative estimate of drug-likeness (QED) is 0.666. The van der Waals surface area contributed by atoms with Crippen LogP contribution in [0, 0.1) is 6.92 Å². The number of imide groups is 1. The molecule has 0 bridgehead atoms. The summed E-state index contributed by atoms with van der Waals surface area (Å²) in [4.78, 5) is 38.3. The zero-order valence-electron chi connectivity index (χ0n) is 17.4. The van der Waals surface area contributed by atoms with Gasteiger partial charge in [0, 0.05) is 36.0 Å². The van der Waals surface area contributed by atoms with Crippen molar-refractivity contribution in [3.05, 3.63) is 41.1 Å². The Balaban J connectivity index is 1.62. The van der Waals surface area contributed by atoms with Gasteiger partial charge in [-0.25, -0.2) is 8.42 Å². The lowest BCUT2D eigenvalue weighted by molar-refractivity contribution is -0.136. The lowest BCUT2D eigenvalue weighted by atomic mass is 9.99. The van der Waals surface area contributed by atoms with Gasteiger partial charge in [0.1, 0.15) is 6.04 Å². The molecule has 164 valence electrons. The predicted molar refractivity (Wildman–Crippen MR) is 113 cm³/mol. The molecule has 1 saturated heterocycles. The molecule has 0 saturated carbocycles. The smallest absolute Gasteiger partial charge is 0.255 e. The zero-order valence-corrected chi connectivity index (χ0v) is 18.2. The summed E-state index contributed by atoms with van der Waals surface area (Å²) in [5, 5.41) is 6.89. The molecule has 10 heteroatoms. The van der Waals surface area contributed by atoms with Crippen LogP contribution in [0.25, 0.3) is 11.3 Å². The summed E-state index contributed by atoms with van der Waals surface area (Å²) in [6.07, 6.45) is 2.31. The van der Waals surface area contributed by atoms with Gasteiger partial charge in [0.05, 0.1) is 18.0 Å². The van der Waals surface area contributed by atoms with Gasteiger partial charge in [0.2, 0.25) is 11.8 Å². The Hall–Kier alpha value is -3.01. The SMILES string of the molecule is CCS(=O)(=O)CCn1cc(C)c(-c2cccc3c2CN(C2CCC(=O)NC2=O)C3=O)n1. The van der Waals surface area contributed by atoms with Crippen molar-refractivity contribution in [2.24, 2.45) is 0 Å². The molecule has 3 amide bonds. The maximum atomic E-state index is 13.0. The average Bonchev–Trinajstić information content (AvgIpc) is 3.27. The Bertz CT molecular complexity index is 1180. The van der Waals surface area contributed by atoms with Crippen LogP contribution in [0.2, 0.25) is 0 Å². The molecule has 1 N–H and O–H groups in total. The molecule has 0 aliphatic carbocycles. The number of piperidine rings is 1. The first kappa shape index (κ1) is 21.2. The Labute approximate surface area is 180 Å². The molecule has 2 aliphatic heterocycles. The van der Waals surface area contributed by atoms with Crippen molar-refractivity contribution in [3.8, 4) is 11.3 Å². The van der Waals surface area contributed by atoms with Gasteiger partial charge in [-0.3, -0.25) is 24.4 Å². The van der Waals surface area contributed by atoms with Crippen LogP contribution in [0.3, 0.4) is 0 Å². The predicted octanol–water partition coefficient (Wildman–Crippen LogP) is 1.05. The highest BCUT2D eigenvalue weighted by molar-refractivity contribution is 7.91. The largest absolute Gasteiger partial charge is 0.322 e. The number of carbonyl (C=O) groups is 3. The molecule has 1 unspecified atom stereocenters. The summed E-state index contributed by atoms with van der Waals surface area (Å²) in [5.74, 6) is -0.907. The van der Waals surface area contributed by atoms with Gasteiger partial charge < -0.3 is 4.90 Å². The minimum absolute atomic E-state index is 0.0126. The highest BCUT2D eigenvalue weighted by atomic mass is 32.2. The molecular formula is C21H24N4O5S. The van der Waals surface area contributed by atoms with Gasteiger partial charge in [-0.05, 0) is 30.5 Å². The summed E-state index contributed by atoms with van der Waals surface area (Å²) in [6, 6.07) is 4.71. The first-order chi connectivity index (χ1) is 14.7. The van der Waals surface area contributed by atoms with Crippen molar-refractivity contribution in [1.82, 2.24) is 20.0 Å². The molecule has 0 spiro atoms. The lowest BCUT2D eigenvalue weighted by Gasteiger charge is -2.29. The van der Waals surface area contributed by atoms with Crippen LogP contribution >= 0.6 is 0 Å². The van der Waals surface area contributed by atoms with Crippen molar-refractivity contribution in [1.29, 1.82) is 0 Å². The van der Waals surface area contributed by atoms with Gasteiger partial charge in [-0.1, -0.05) is 19.1 Å².